The van der Waals surface area contributed by atoms with Crippen LogP contribution in [-0.2, 0) is 11.3 Å². The first-order valence-corrected chi connectivity index (χ1v) is 7.58. The normalized spacial score (nSPS) is 20.0. The van der Waals surface area contributed by atoms with Gasteiger partial charge in [-0.15, -0.1) is 0 Å². The Kier molecular flexibility index (Phi) is 3.97. The molecular formula is C17H21NO3. The van der Waals surface area contributed by atoms with Gasteiger partial charge in [-0.2, -0.15) is 0 Å². The number of piperidine rings is 1. The topological polar surface area (TPSA) is 53.7 Å². The van der Waals surface area contributed by atoms with Crippen molar-refractivity contribution < 1.29 is 14.3 Å². The van der Waals surface area contributed by atoms with Gasteiger partial charge in [0.05, 0.1) is 6.42 Å². The summed E-state index contributed by atoms with van der Waals surface area (Å²) >= 11 is 0. The second-order valence-electron chi connectivity index (χ2n) is 5.85. The first-order chi connectivity index (χ1) is 10.1. The number of benzene rings is 1. The van der Waals surface area contributed by atoms with Gasteiger partial charge < -0.3 is 9.52 Å². The van der Waals surface area contributed by atoms with E-state index >= 15 is 0 Å². The molecule has 2 heterocycles. The summed E-state index contributed by atoms with van der Waals surface area (Å²) in [4.78, 5) is 13.4. The maximum Gasteiger partial charge on any atom is 0.304 e. The largest absolute Gasteiger partial charge is 0.481 e. The Labute approximate surface area is 124 Å². The van der Waals surface area contributed by atoms with Crippen LogP contribution in [0.25, 0.3) is 11.0 Å². The molecule has 1 aliphatic heterocycles. The van der Waals surface area contributed by atoms with Crippen LogP contribution < -0.4 is 0 Å². The summed E-state index contributed by atoms with van der Waals surface area (Å²) in [5.41, 5.74) is 2.11. The molecule has 1 saturated heterocycles. The highest BCUT2D eigenvalue weighted by atomic mass is 16.4. The lowest BCUT2D eigenvalue weighted by atomic mass is 9.98. The molecule has 1 aromatic carbocycles. The number of nitrogens with zero attached hydrogens (tertiary/aromatic N) is 1. The number of carboxylic acid groups (broad SMARTS) is 1. The number of likely N-dealkylation sites (tertiary alicyclic amines) is 1. The van der Waals surface area contributed by atoms with Crippen molar-refractivity contribution in [3.63, 3.8) is 0 Å². The molecule has 1 aromatic heterocycles. The van der Waals surface area contributed by atoms with Crippen LogP contribution in [0.15, 0.2) is 28.7 Å². The molecule has 21 heavy (non-hydrogen) atoms. The quantitative estimate of drug-likeness (QED) is 0.934. The van der Waals surface area contributed by atoms with E-state index in [0.717, 1.165) is 49.1 Å². The third-order valence-corrected chi connectivity index (χ3v) is 4.42. The van der Waals surface area contributed by atoms with Crippen molar-refractivity contribution in [1.29, 1.82) is 0 Å². The van der Waals surface area contributed by atoms with Crippen molar-refractivity contribution in [3.05, 3.63) is 35.6 Å². The smallest absolute Gasteiger partial charge is 0.304 e. The van der Waals surface area contributed by atoms with Crippen LogP contribution in [0.3, 0.4) is 0 Å². The van der Waals surface area contributed by atoms with Crippen LogP contribution in [0.5, 0.6) is 0 Å². The molecule has 0 spiro atoms. The zero-order valence-electron chi connectivity index (χ0n) is 12.3. The zero-order valence-corrected chi connectivity index (χ0v) is 12.3. The molecule has 2 aromatic rings. The summed E-state index contributed by atoms with van der Waals surface area (Å²) in [6, 6.07) is 8.20. The summed E-state index contributed by atoms with van der Waals surface area (Å²) < 4.78 is 5.81. The number of carboxylic acids is 1. The maximum absolute atomic E-state index is 11.0. The molecule has 4 nitrogen and oxygen atoms in total. The fourth-order valence-electron chi connectivity index (χ4n) is 3.32. The standard InChI is InChI=1S/C17H21NO3/c1-12-15(14-7-2-3-8-16(14)21-12)11-18-9-5-4-6-13(18)10-17(19)20/h2-3,7-8,13H,4-6,9-11H2,1H3,(H,19,20). The minimum Gasteiger partial charge on any atom is -0.481 e. The van der Waals surface area contributed by atoms with Gasteiger partial charge in [0.1, 0.15) is 11.3 Å². The predicted molar refractivity (Wildman–Crippen MR) is 81.3 cm³/mol. The van der Waals surface area contributed by atoms with Crippen LogP contribution in [0.1, 0.15) is 37.0 Å². The van der Waals surface area contributed by atoms with Crippen molar-refractivity contribution >= 4 is 16.9 Å². The lowest BCUT2D eigenvalue weighted by Gasteiger charge is -2.34. The fourth-order valence-corrected chi connectivity index (χ4v) is 3.32. The van der Waals surface area contributed by atoms with Crippen molar-refractivity contribution in [2.24, 2.45) is 0 Å². The Hall–Kier alpha value is -1.81. The van der Waals surface area contributed by atoms with Crippen molar-refractivity contribution in [3.8, 4) is 0 Å². The molecule has 0 bridgehead atoms. The third kappa shape index (κ3) is 2.95. The summed E-state index contributed by atoms with van der Waals surface area (Å²) in [6.45, 7) is 3.74. The van der Waals surface area contributed by atoms with Crippen LogP contribution in [0, 0.1) is 6.92 Å². The number of rotatable bonds is 4. The van der Waals surface area contributed by atoms with E-state index in [2.05, 4.69) is 11.0 Å². The average molecular weight is 287 g/mol. The summed E-state index contributed by atoms with van der Waals surface area (Å²) in [7, 11) is 0. The van der Waals surface area contributed by atoms with Crippen LogP contribution in [0.4, 0.5) is 0 Å². The highest BCUT2D eigenvalue weighted by Crippen LogP contribution is 2.29. The number of hydrogen-bond acceptors (Lipinski definition) is 3. The SMILES string of the molecule is Cc1oc2ccccc2c1CN1CCCCC1CC(=O)O. The molecule has 1 aliphatic rings. The Balaban J connectivity index is 1.85. The number of furan rings is 1. The first-order valence-electron chi connectivity index (χ1n) is 7.58. The minimum absolute atomic E-state index is 0.143. The number of hydrogen-bond donors (Lipinski definition) is 1. The predicted octanol–water partition coefficient (Wildman–Crippen LogP) is 3.57. The van der Waals surface area contributed by atoms with Crippen molar-refractivity contribution in [1.82, 2.24) is 4.90 Å². The van der Waals surface area contributed by atoms with Crippen LogP contribution in [0.2, 0.25) is 0 Å². The van der Waals surface area contributed by atoms with Crippen molar-refractivity contribution in [2.75, 3.05) is 6.54 Å². The van der Waals surface area contributed by atoms with Gasteiger partial charge in [-0.3, -0.25) is 9.69 Å². The highest BCUT2D eigenvalue weighted by Gasteiger charge is 2.26. The van der Waals surface area contributed by atoms with Crippen LogP contribution in [-0.4, -0.2) is 28.6 Å². The molecule has 1 N–H and O–H groups in total. The molecule has 3 rings (SSSR count). The third-order valence-electron chi connectivity index (χ3n) is 4.42. The molecule has 112 valence electrons. The lowest BCUT2D eigenvalue weighted by molar-refractivity contribution is -0.138. The van der Waals surface area contributed by atoms with E-state index in [1.165, 1.54) is 5.56 Å². The van der Waals surface area contributed by atoms with Gasteiger partial charge >= 0.3 is 5.97 Å². The molecule has 1 atom stereocenters. The molecule has 0 aliphatic carbocycles. The van der Waals surface area contributed by atoms with E-state index in [0.29, 0.717) is 0 Å². The number of carbonyl (C=O) groups is 1. The van der Waals surface area contributed by atoms with Gasteiger partial charge in [0.2, 0.25) is 0 Å². The number of para-hydroxylation sites is 1. The number of aryl methyl sites for hydroxylation is 1. The van der Waals surface area contributed by atoms with Gasteiger partial charge in [0, 0.05) is 23.5 Å². The van der Waals surface area contributed by atoms with Gasteiger partial charge in [-0.05, 0) is 32.4 Å². The second-order valence-corrected chi connectivity index (χ2v) is 5.85. The fraction of sp³-hybridized carbons (Fsp3) is 0.471. The Morgan fingerprint density at radius 3 is 3.00 bits per heavy atom. The summed E-state index contributed by atoms with van der Waals surface area (Å²) in [5.74, 6) is 0.233. The molecule has 0 amide bonds. The maximum atomic E-state index is 11.0. The molecule has 1 fully saturated rings. The van der Waals surface area contributed by atoms with E-state index in [1.807, 2.05) is 25.1 Å². The minimum atomic E-state index is -0.708. The monoisotopic (exact) mass is 287 g/mol. The summed E-state index contributed by atoms with van der Waals surface area (Å²) in [5, 5.41) is 10.2. The Morgan fingerprint density at radius 2 is 2.19 bits per heavy atom. The second kappa shape index (κ2) is 5.90. The van der Waals surface area contributed by atoms with Gasteiger partial charge in [-0.1, -0.05) is 24.6 Å². The van der Waals surface area contributed by atoms with E-state index in [9.17, 15) is 4.79 Å². The van der Waals surface area contributed by atoms with Crippen molar-refractivity contribution in [2.45, 2.75) is 45.2 Å². The highest BCUT2D eigenvalue weighted by molar-refractivity contribution is 5.82. The molecule has 0 saturated carbocycles. The van der Waals surface area contributed by atoms with E-state index in [1.54, 1.807) is 0 Å². The number of aliphatic carboxylic acids is 1. The van der Waals surface area contributed by atoms with E-state index < -0.39 is 5.97 Å². The number of fused-ring (bicyclic) bond motifs is 1. The van der Waals surface area contributed by atoms with Gasteiger partial charge in [-0.25, -0.2) is 0 Å². The Bertz CT molecular complexity index is 647. The molecule has 4 heteroatoms. The Morgan fingerprint density at radius 1 is 1.38 bits per heavy atom. The van der Waals surface area contributed by atoms with E-state index in [4.69, 9.17) is 9.52 Å². The van der Waals surface area contributed by atoms with Crippen LogP contribution >= 0.6 is 0 Å². The molecule has 1 unspecified atom stereocenters. The van der Waals surface area contributed by atoms with E-state index in [-0.39, 0.29) is 12.5 Å². The molecule has 0 radical (unpaired) electrons. The first kappa shape index (κ1) is 14.1. The average Bonchev–Trinajstić information content (AvgIpc) is 2.77. The lowest BCUT2D eigenvalue weighted by Crippen LogP contribution is -2.40. The molecular weight excluding hydrogens is 266 g/mol. The van der Waals surface area contributed by atoms with Gasteiger partial charge in [0.25, 0.3) is 0 Å². The zero-order chi connectivity index (χ0) is 14.8. The summed E-state index contributed by atoms with van der Waals surface area (Å²) in [6.07, 6.45) is 3.47. The van der Waals surface area contributed by atoms with Gasteiger partial charge in [0.15, 0.2) is 0 Å².